The summed E-state index contributed by atoms with van der Waals surface area (Å²) in [5.41, 5.74) is 0.814. The summed E-state index contributed by atoms with van der Waals surface area (Å²) in [4.78, 5) is 16.6. The highest BCUT2D eigenvalue weighted by Crippen LogP contribution is 2.18. The van der Waals surface area contributed by atoms with E-state index in [-0.39, 0.29) is 5.91 Å². The molecule has 0 fully saturated rings. The predicted octanol–water partition coefficient (Wildman–Crippen LogP) is 1.39. The van der Waals surface area contributed by atoms with E-state index in [1.165, 1.54) is 14.2 Å². The summed E-state index contributed by atoms with van der Waals surface area (Å²) in [5.74, 6) is -0.230. The lowest BCUT2D eigenvalue weighted by Crippen LogP contribution is -2.31. The van der Waals surface area contributed by atoms with Gasteiger partial charge in [-0.15, -0.1) is 0 Å². The van der Waals surface area contributed by atoms with Gasteiger partial charge < -0.3 is 4.74 Å². The average Bonchev–Trinajstić information content (AvgIpc) is 2.30. The van der Waals surface area contributed by atoms with Crippen LogP contribution >= 0.6 is 0 Å². The minimum absolute atomic E-state index is 0.230. The van der Waals surface area contributed by atoms with Gasteiger partial charge in [-0.05, 0) is 5.56 Å². The van der Waals surface area contributed by atoms with Gasteiger partial charge in [-0.1, -0.05) is 30.3 Å². The second-order valence-corrected chi connectivity index (χ2v) is 3.04. The van der Waals surface area contributed by atoms with E-state index in [0.29, 0.717) is 0 Å². The van der Waals surface area contributed by atoms with Gasteiger partial charge in [0.2, 0.25) is 0 Å². The van der Waals surface area contributed by atoms with E-state index in [1.54, 1.807) is 7.05 Å². The van der Waals surface area contributed by atoms with Gasteiger partial charge in [-0.25, -0.2) is 5.06 Å². The van der Waals surface area contributed by atoms with E-state index in [9.17, 15) is 4.79 Å². The van der Waals surface area contributed by atoms with Crippen molar-refractivity contribution in [3.8, 4) is 0 Å². The van der Waals surface area contributed by atoms with Crippen molar-refractivity contribution in [3.63, 3.8) is 0 Å². The first-order valence-corrected chi connectivity index (χ1v) is 4.60. The summed E-state index contributed by atoms with van der Waals surface area (Å²) in [6, 6.07) is 9.30. The number of ether oxygens (including phenoxy) is 1. The van der Waals surface area contributed by atoms with Crippen LogP contribution in [0.2, 0.25) is 0 Å². The topological polar surface area (TPSA) is 38.8 Å². The fourth-order valence-electron chi connectivity index (χ4n) is 1.26. The molecular weight excluding hydrogens is 194 g/mol. The highest BCUT2D eigenvalue weighted by Gasteiger charge is 2.23. The molecule has 1 aromatic carbocycles. The summed E-state index contributed by atoms with van der Waals surface area (Å²) < 4.78 is 5.15. The van der Waals surface area contributed by atoms with Crippen LogP contribution in [0.4, 0.5) is 0 Å². The van der Waals surface area contributed by atoms with Crippen molar-refractivity contribution < 1.29 is 14.4 Å². The number of carbonyl (C=O) groups is 1. The molecule has 0 aliphatic heterocycles. The van der Waals surface area contributed by atoms with Crippen LogP contribution in [0, 0.1) is 0 Å². The largest absolute Gasteiger partial charge is 0.367 e. The van der Waals surface area contributed by atoms with Crippen LogP contribution in [-0.4, -0.2) is 32.2 Å². The van der Waals surface area contributed by atoms with Crippen molar-refractivity contribution in [1.29, 1.82) is 0 Å². The number of hydrogen-bond donors (Lipinski definition) is 0. The fourth-order valence-corrected chi connectivity index (χ4v) is 1.26. The Balaban J connectivity index is 2.85. The Morgan fingerprint density at radius 2 is 1.87 bits per heavy atom. The zero-order valence-corrected chi connectivity index (χ0v) is 9.14. The van der Waals surface area contributed by atoms with Crippen LogP contribution in [0.3, 0.4) is 0 Å². The van der Waals surface area contributed by atoms with Crippen LogP contribution < -0.4 is 0 Å². The molecule has 0 saturated heterocycles. The number of hydroxylamine groups is 2. The summed E-state index contributed by atoms with van der Waals surface area (Å²) in [7, 11) is 4.49. The normalized spacial score (nSPS) is 12.2. The predicted molar refractivity (Wildman–Crippen MR) is 56.0 cm³/mol. The quantitative estimate of drug-likeness (QED) is 0.703. The third-order valence-electron chi connectivity index (χ3n) is 2.15. The highest BCUT2D eigenvalue weighted by molar-refractivity contribution is 5.81. The maximum Gasteiger partial charge on any atom is 0.279 e. The lowest BCUT2D eigenvalue weighted by molar-refractivity contribution is -0.179. The molecule has 1 aromatic rings. The van der Waals surface area contributed by atoms with Crippen LogP contribution in [0.5, 0.6) is 0 Å². The van der Waals surface area contributed by atoms with Crippen molar-refractivity contribution >= 4 is 5.91 Å². The van der Waals surface area contributed by atoms with Crippen LogP contribution in [0.15, 0.2) is 30.3 Å². The Hall–Kier alpha value is -1.39. The van der Waals surface area contributed by atoms with E-state index in [4.69, 9.17) is 9.57 Å². The molecule has 1 atom stereocenters. The summed E-state index contributed by atoms with van der Waals surface area (Å²) >= 11 is 0. The maximum absolute atomic E-state index is 11.8. The molecule has 0 radical (unpaired) electrons. The number of likely N-dealkylation sites (N-methyl/N-ethyl adjacent to an activating group) is 1. The Bertz CT molecular complexity index is 313. The van der Waals surface area contributed by atoms with Crippen molar-refractivity contribution in [2.24, 2.45) is 0 Å². The highest BCUT2D eigenvalue weighted by atomic mass is 16.7. The van der Waals surface area contributed by atoms with Gasteiger partial charge in [0.05, 0.1) is 7.11 Å². The number of rotatable bonds is 4. The molecular formula is C11H15NO3. The molecule has 0 aliphatic rings. The van der Waals surface area contributed by atoms with Gasteiger partial charge in [0.1, 0.15) is 0 Å². The number of methoxy groups -OCH3 is 1. The second kappa shape index (κ2) is 5.48. The van der Waals surface area contributed by atoms with E-state index >= 15 is 0 Å². The minimum atomic E-state index is -0.615. The van der Waals surface area contributed by atoms with Crippen molar-refractivity contribution in [2.45, 2.75) is 6.10 Å². The van der Waals surface area contributed by atoms with Gasteiger partial charge in [0.15, 0.2) is 6.10 Å². The first-order chi connectivity index (χ1) is 7.20. The van der Waals surface area contributed by atoms with Gasteiger partial charge in [-0.3, -0.25) is 9.63 Å². The monoisotopic (exact) mass is 209 g/mol. The molecule has 0 heterocycles. The standard InChI is InChI=1S/C11H15NO3/c1-12(15-3)11(13)10(14-2)9-7-5-4-6-8-9/h4-8,10H,1-3H3/t10-/m1/s1. The van der Waals surface area contributed by atoms with E-state index in [2.05, 4.69) is 0 Å². The van der Waals surface area contributed by atoms with Crippen LogP contribution in [0.1, 0.15) is 11.7 Å². The summed E-state index contributed by atoms with van der Waals surface area (Å²) in [6.07, 6.45) is -0.615. The molecule has 15 heavy (non-hydrogen) atoms. The number of carbonyl (C=O) groups excluding carboxylic acids is 1. The number of nitrogens with zero attached hydrogens (tertiary/aromatic N) is 1. The molecule has 4 nitrogen and oxygen atoms in total. The fraction of sp³-hybridized carbons (Fsp3) is 0.364. The maximum atomic E-state index is 11.8. The summed E-state index contributed by atoms with van der Waals surface area (Å²) in [5, 5.41) is 1.15. The third-order valence-corrected chi connectivity index (χ3v) is 2.15. The second-order valence-electron chi connectivity index (χ2n) is 3.04. The number of amides is 1. The minimum Gasteiger partial charge on any atom is -0.367 e. The molecule has 1 rings (SSSR count). The SMILES string of the molecule is CO[C@@H](C(=O)N(C)OC)c1ccccc1. The Labute approximate surface area is 89.4 Å². The molecule has 0 saturated carbocycles. The summed E-state index contributed by atoms with van der Waals surface area (Å²) in [6.45, 7) is 0. The molecule has 1 amide bonds. The van der Waals surface area contributed by atoms with Crippen LogP contribution in [-0.2, 0) is 14.4 Å². The molecule has 0 N–H and O–H groups in total. The first-order valence-electron chi connectivity index (χ1n) is 4.60. The molecule has 0 aliphatic carbocycles. The molecule has 0 unspecified atom stereocenters. The average molecular weight is 209 g/mol. The number of benzene rings is 1. The van der Waals surface area contributed by atoms with E-state index < -0.39 is 6.10 Å². The van der Waals surface area contributed by atoms with E-state index in [0.717, 1.165) is 10.6 Å². The van der Waals surface area contributed by atoms with Gasteiger partial charge >= 0.3 is 0 Å². The Morgan fingerprint density at radius 3 is 2.33 bits per heavy atom. The zero-order chi connectivity index (χ0) is 11.3. The molecule has 0 spiro atoms. The van der Waals surface area contributed by atoms with Gasteiger partial charge in [0.25, 0.3) is 5.91 Å². The van der Waals surface area contributed by atoms with E-state index in [1.807, 2.05) is 30.3 Å². The third kappa shape index (κ3) is 2.78. The van der Waals surface area contributed by atoms with Crippen molar-refractivity contribution in [1.82, 2.24) is 5.06 Å². The molecule has 0 bridgehead atoms. The van der Waals surface area contributed by atoms with Gasteiger partial charge in [0, 0.05) is 14.2 Å². The Morgan fingerprint density at radius 1 is 1.27 bits per heavy atom. The molecule has 0 aromatic heterocycles. The first kappa shape index (κ1) is 11.7. The molecule has 4 heteroatoms. The Kier molecular flexibility index (Phi) is 4.27. The van der Waals surface area contributed by atoms with Crippen molar-refractivity contribution in [2.75, 3.05) is 21.3 Å². The number of hydrogen-bond acceptors (Lipinski definition) is 3. The lowest BCUT2D eigenvalue weighted by atomic mass is 10.1. The van der Waals surface area contributed by atoms with Crippen LogP contribution in [0.25, 0.3) is 0 Å². The van der Waals surface area contributed by atoms with Crippen molar-refractivity contribution in [3.05, 3.63) is 35.9 Å². The van der Waals surface area contributed by atoms with Gasteiger partial charge in [-0.2, -0.15) is 0 Å². The lowest BCUT2D eigenvalue weighted by Gasteiger charge is -2.20. The smallest absolute Gasteiger partial charge is 0.279 e. The zero-order valence-electron chi connectivity index (χ0n) is 9.14. The molecule has 82 valence electrons.